The fraction of sp³-hybridized carbons (Fsp3) is 0.217. The molecule has 2 aromatic heterocycles. The number of furan rings is 1. The topological polar surface area (TPSA) is 69.3 Å². The third-order valence-corrected chi connectivity index (χ3v) is 4.87. The summed E-state index contributed by atoms with van der Waals surface area (Å²) in [6.45, 7) is 4.10. The average molecular weight is 389 g/mol. The summed E-state index contributed by atoms with van der Waals surface area (Å²) in [6, 6.07) is 17.2. The Hall–Kier alpha value is -3.54. The second kappa shape index (κ2) is 7.83. The summed E-state index contributed by atoms with van der Waals surface area (Å²) in [6.07, 6.45) is 1.91. The Labute approximate surface area is 169 Å². The molecule has 1 unspecified atom stereocenters. The molecule has 1 N–H and O–H groups in total. The highest BCUT2D eigenvalue weighted by atomic mass is 16.5. The van der Waals surface area contributed by atoms with Crippen LogP contribution in [0, 0.1) is 6.92 Å². The molecule has 0 fully saturated rings. The minimum Gasteiger partial charge on any atom is -0.485 e. The van der Waals surface area contributed by atoms with Crippen molar-refractivity contribution in [2.24, 2.45) is 7.05 Å². The molecule has 0 aliphatic heterocycles. The number of hydrogen-bond acceptors (Lipinski definition) is 4. The van der Waals surface area contributed by atoms with Crippen LogP contribution in [0.3, 0.4) is 0 Å². The molecular formula is C23H23N3O3. The van der Waals surface area contributed by atoms with Crippen LogP contribution in [0.15, 0.2) is 65.2 Å². The zero-order valence-corrected chi connectivity index (χ0v) is 16.7. The van der Waals surface area contributed by atoms with Gasteiger partial charge in [-0.15, -0.1) is 0 Å². The zero-order chi connectivity index (χ0) is 20.4. The highest BCUT2D eigenvalue weighted by Crippen LogP contribution is 2.26. The molecule has 1 amide bonds. The summed E-state index contributed by atoms with van der Waals surface area (Å²) in [5, 5.41) is 9.42. The molecule has 2 aromatic carbocycles. The first kappa shape index (κ1) is 18.8. The van der Waals surface area contributed by atoms with E-state index in [4.69, 9.17) is 9.15 Å². The standard InChI is InChI=1S/C23H23N3O3/c1-15(20-13-26(3)25-16(20)2)24-23(27)22-12-11-18(29-22)14-28-21-10-6-8-17-7-4-5-9-19(17)21/h4-13,15H,14H2,1-3H3,(H,24,27). The minimum absolute atomic E-state index is 0.170. The maximum Gasteiger partial charge on any atom is 0.287 e. The van der Waals surface area contributed by atoms with E-state index in [0.29, 0.717) is 5.76 Å². The minimum atomic E-state index is -0.267. The number of amides is 1. The number of benzene rings is 2. The van der Waals surface area contributed by atoms with Crippen molar-refractivity contribution in [2.75, 3.05) is 0 Å². The molecule has 0 saturated carbocycles. The maximum absolute atomic E-state index is 12.5. The molecule has 0 spiro atoms. The van der Waals surface area contributed by atoms with E-state index in [1.165, 1.54) is 0 Å². The second-order valence-corrected chi connectivity index (χ2v) is 7.07. The van der Waals surface area contributed by atoms with E-state index in [-0.39, 0.29) is 24.3 Å². The van der Waals surface area contributed by atoms with Crippen LogP contribution in [0.5, 0.6) is 5.75 Å². The van der Waals surface area contributed by atoms with Crippen LogP contribution in [0.25, 0.3) is 10.8 Å². The van der Waals surface area contributed by atoms with Gasteiger partial charge in [-0.25, -0.2) is 0 Å². The fourth-order valence-corrected chi connectivity index (χ4v) is 3.44. The predicted molar refractivity (Wildman–Crippen MR) is 111 cm³/mol. The third kappa shape index (κ3) is 4.01. The maximum atomic E-state index is 12.5. The van der Waals surface area contributed by atoms with E-state index in [1.807, 2.05) is 69.6 Å². The number of fused-ring (bicyclic) bond motifs is 1. The molecule has 148 valence electrons. The van der Waals surface area contributed by atoms with Gasteiger partial charge >= 0.3 is 0 Å². The number of aryl methyl sites for hydroxylation is 2. The van der Waals surface area contributed by atoms with Gasteiger partial charge in [-0.3, -0.25) is 9.48 Å². The number of carbonyl (C=O) groups excluding carboxylic acids is 1. The van der Waals surface area contributed by atoms with Crippen molar-refractivity contribution >= 4 is 16.7 Å². The highest BCUT2D eigenvalue weighted by molar-refractivity contribution is 5.91. The first-order chi connectivity index (χ1) is 14.0. The highest BCUT2D eigenvalue weighted by Gasteiger charge is 2.18. The average Bonchev–Trinajstić information content (AvgIpc) is 3.32. The van der Waals surface area contributed by atoms with Crippen LogP contribution in [0.4, 0.5) is 0 Å². The van der Waals surface area contributed by atoms with Crippen LogP contribution in [0.1, 0.15) is 40.5 Å². The van der Waals surface area contributed by atoms with E-state index >= 15 is 0 Å². The summed E-state index contributed by atoms with van der Waals surface area (Å²) >= 11 is 0. The molecular weight excluding hydrogens is 366 g/mol. The lowest BCUT2D eigenvalue weighted by molar-refractivity contribution is 0.0907. The number of ether oxygens (including phenoxy) is 1. The lowest BCUT2D eigenvalue weighted by Gasteiger charge is -2.12. The van der Waals surface area contributed by atoms with Crippen LogP contribution < -0.4 is 10.1 Å². The van der Waals surface area contributed by atoms with Gasteiger partial charge < -0.3 is 14.5 Å². The van der Waals surface area contributed by atoms with E-state index in [1.54, 1.807) is 16.8 Å². The number of rotatable bonds is 6. The summed E-state index contributed by atoms with van der Waals surface area (Å²) in [7, 11) is 1.86. The number of aromatic nitrogens is 2. The Morgan fingerprint density at radius 1 is 1.17 bits per heavy atom. The summed E-state index contributed by atoms with van der Waals surface area (Å²) < 4.78 is 13.4. The summed E-state index contributed by atoms with van der Waals surface area (Å²) in [5.41, 5.74) is 1.87. The Kier molecular flexibility index (Phi) is 5.08. The molecule has 0 aliphatic carbocycles. The fourth-order valence-electron chi connectivity index (χ4n) is 3.44. The molecule has 0 bridgehead atoms. The number of hydrogen-bond donors (Lipinski definition) is 1. The van der Waals surface area contributed by atoms with Gasteiger partial charge in [0.05, 0.1) is 11.7 Å². The van der Waals surface area contributed by atoms with Gasteiger partial charge in [-0.1, -0.05) is 36.4 Å². The van der Waals surface area contributed by atoms with Gasteiger partial charge in [0, 0.05) is 24.2 Å². The van der Waals surface area contributed by atoms with Gasteiger partial charge in [0.25, 0.3) is 5.91 Å². The Balaban J connectivity index is 1.41. The predicted octanol–water partition coefficient (Wildman–Crippen LogP) is 4.54. The van der Waals surface area contributed by atoms with Gasteiger partial charge in [0.15, 0.2) is 5.76 Å². The lowest BCUT2D eigenvalue weighted by Crippen LogP contribution is -2.26. The molecule has 0 radical (unpaired) electrons. The van der Waals surface area contributed by atoms with Crippen LogP contribution in [-0.2, 0) is 13.7 Å². The van der Waals surface area contributed by atoms with E-state index in [0.717, 1.165) is 27.8 Å². The first-order valence-corrected chi connectivity index (χ1v) is 9.51. The van der Waals surface area contributed by atoms with E-state index in [2.05, 4.69) is 10.4 Å². The van der Waals surface area contributed by atoms with Gasteiger partial charge in [-0.05, 0) is 37.4 Å². The summed E-state index contributed by atoms with van der Waals surface area (Å²) in [5.74, 6) is 1.37. The molecule has 1 atom stereocenters. The van der Waals surface area contributed by atoms with E-state index in [9.17, 15) is 4.79 Å². The van der Waals surface area contributed by atoms with Gasteiger partial charge in [0.1, 0.15) is 18.1 Å². The zero-order valence-electron chi connectivity index (χ0n) is 16.7. The molecule has 6 nitrogen and oxygen atoms in total. The number of carbonyl (C=O) groups is 1. The first-order valence-electron chi connectivity index (χ1n) is 9.51. The van der Waals surface area contributed by atoms with Crippen molar-refractivity contribution in [3.05, 3.63) is 83.6 Å². The van der Waals surface area contributed by atoms with Crippen LogP contribution in [0.2, 0.25) is 0 Å². The molecule has 0 saturated heterocycles. The second-order valence-electron chi connectivity index (χ2n) is 7.07. The number of nitrogens with one attached hydrogen (secondary N) is 1. The molecule has 29 heavy (non-hydrogen) atoms. The van der Waals surface area contributed by atoms with Crippen molar-refractivity contribution in [3.63, 3.8) is 0 Å². The van der Waals surface area contributed by atoms with Crippen molar-refractivity contribution in [2.45, 2.75) is 26.5 Å². The molecule has 0 aliphatic rings. The van der Waals surface area contributed by atoms with Crippen molar-refractivity contribution in [3.8, 4) is 5.75 Å². The lowest BCUT2D eigenvalue weighted by atomic mass is 10.1. The third-order valence-electron chi connectivity index (χ3n) is 4.87. The van der Waals surface area contributed by atoms with E-state index < -0.39 is 0 Å². The van der Waals surface area contributed by atoms with Crippen molar-refractivity contribution < 1.29 is 13.9 Å². The van der Waals surface area contributed by atoms with Crippen LogP contribution >= 0.6 is 0 Å². The molecule has 2 heterocycles. The molecule has 4 aromatic rings. The molecule has 4 rings (SSSR count). The summed E-state index contributed by atoms with van der Waals surface area (Å²) in [4.78, 5) is 12.5. The Morgan fingerprint density at radius 3 is 2.76 bits per heavy atom. The molecule has 6 heteroatoms. The Morgan fingerprint density at radius 2 is 1.97 bits per heavy atom. The van der Waals surface area contributed by atoms with Gasteiger partial charge in [-0.2, -0.15) is 5.10 Å². The Bertz CT molecular complexity index is 1150. The SMILES string of the molecule is Cc1nn(C)cc1C(C)NC(=O)c1ccc(COc2cccc3ccccc23)o1. The van der Waals surface area contributed by atoms with Gasteiger partial charge in [0.2, 0.25) is 0 Å². The largest absolute Gasteiger partial charge is 0.485 e. The number of nitrogens with zero attached hydrogens (tertiary/aromatic N) is 2. The smallest absolute Gasteiger partial charge is 0.287 e. The van der Waals surface area contributed by atoms with Crippen molar-refractivity contribution in [1.29, 1.82) is 0 Å². The normalized spacial score (nSPS) is 12.1. The monoisotopic (exact) mass is 389 g/mol. The van der Waals surface area contributed by atoms with Crippen LogP contribution in [-0.4, -0.2) is 15.7 Å². The van der Waals surface area contributed by atoms with Crippen molar-refractivity contribution in [1.82, 2.24) is 15.1 Å². The quantitative estimate of drug-likeness (QED) is 0.525.